The van der Waals surface area contributed by atoms with Gasteiger partial charge < -0.3 is 10.1 Å². The molecule has 0 unspecified atom stereocenters. The monoisotopic (exact) mass is 264 g/mol. The molecule has 0 aliphatic rings. The van der Waals surface area contributed by atoms with Crippen LogP contribution >= 0.6 is 11.6 Å². The van der Waals surface area contributed by atoms with E-state index in [4.69, 9.17) is 11.6 Å². The van der Waals surface area contributed by atoms with E-state index in [2.05, 4.69) is 15.0 Å². The van der Waals surface area contributed by atoms with Crippen LogP contribution in [0, 0.1) is 6.92 Å². The van der Waals surface area contributed by atoms with Gasteiger partial charge in [0, 0.05) is 21.8 Å². The van der Waals surface area contributed by atoms with Crippen LogP contribution in [0.2, 0.25) is 5.02 Å². The molecule has 1 aromatic heterocycles. The van der Waals surface area contributed by atoms with E-state index in [0.29, 0.717) is 5.02 Å². The van der Waals surface area contributed by atoms with Crippen molar-refractivity contribution < 1.29 is 9.53 Å². The number of pyridine rings is 1. The second-order valence-electron chi connectivity index (χ2n) is 3.90. The Balaban J connectivity index is 2.41. The Labute approximate surface area is 110 Å². The number of carbonyl (C=O) groups is 1. The topological polar surface area (TPSA) is 51.2 Å². The van der Waals surface area contributed by atoms with Crippen molar-refractivity contribution in [2.75, 3.05) is 19.0 Å². The smallest absolute Gasteiger partial charge is 0.325 e. The summed E-state index contributed by atoms with van der Waals surface area (Å²) in [6, 6.07) is 7.35. The number of aryl methyl sites for hydroxylation is 1. The highest BCUT2D eigenvalue weighted by Gasteiger charge is 2.06. The van der Waals surface area contributed by atoms with Crippen LogP contribution in [0.15, 0.2) is 24.3 Å². The summed E-state index contributed by atoms with van der Waals surface area (Å²) in [7, 11) is 1.36. The van der Waals surface area contributed by atoms with Crippen molar-refractivity contribution in [2.24, 2.45) is 0 Å². The lowest BCUT2D eigenvalue weighted by Gasteiger charge is -2.10. The molecular weight excluding hydrogens is 252 g/mol. The van der Waals surface area contributed by atoms with Gasteiger partial charge in [-0.15, -0.1) is 0 Å². The minimum atomic E-state index is -0.320. The van der Waals surface area contributed by atoms with Crippen LogP contribution in [0.4, 0.5) is 5.69 Å². The van der Waals surface area contributed by atoms with Gasteiger partial charge in [-0.25, -0.2) is 0 Å². The predicted octanol–water partition coefficient (Wildman–Crippen LogP) is 2.78. The maximum atomic E-state index is 11.1. The minimum Gasteiger partial charge on any atom is -0.468 e. The first-order valence-corrected chi connectivity index (χ1v) is 5.85. The molecule has 1 aromatic carbocycles. The third kappa shape index (κ3) is 2.71. The van der Waals surface area contributed by atoms with Crippen molar-refractivity contribution in [3.63, 3.8) is 0 Å². The van der Waals surface area contributed by atoms with Gasteiger partial charge in [0.2, 0.25) is 0 Å². The molecule has 0 atom stereocenters. The molecule has 2 rings (SSSR count). The molecule has 0 radical (unpaired) electrons. The second-order valence-corrected chi connectivity index (χ2v) is 4.34. The molecule has 0 bridgehead atoms. The maximum absolute atomic E-state index is 11.1. The van der Waals surface area contributed by atoms with Gasteiger partial charge in [0.05, 0.1) is 12.6 Å². The average Bonchev–Trinajstić information content (AvgIpc) is 2.36. The standard InChI is InChI=1S/C13H13ClN2O2/c1-8-5-12(15-7-13(17)18-2)10-6-9(14)3-4-11(10)16-8/h3-6H,7H2,1-2H3,(H,15,16). The van der Waals surface area contributed by atoms with Gasteiger partial charge in [-0.05, 0) is 31.2 Å². The molecule has 0 saturated heterocycles. The number of carbonyl (C=O) groups excluding carboxylic acids is 1. The van der Waals surface area contributed by atoms with Crippen LogP contribution in [-0.4, -0.2) is 24.6 Å². The Morgan fingerprint density at radius 3 is 2.94 bits per heavy atom. The maximum Gasteiger partial charge on any atom is 0.325 e. The Morgan fingerprint density at radius 1 is 1.44 bits per heavy atom. The lowest BCUT2D eigenvalue weighted by atomic mass is 10.1. The highest BCUT2D eigenvalue weighted by atomic mass is 35.5. The summed E-state index contributed by atoms with van der Waals surface area (Å²) in [5, 5.41) is 4.55. The lowest BCUT2D eigenvalue weighted by Crippen LogP contribution is -2.15. The molecule has 18 heavy (non-hydrogen) atoms. The summed E-state index contributed by atoms with van der Waals surface area (Å²) in [5.41, 5.74) is 2.54. The summed E-state index contributed by atoms with van der Waals surface area (Å²) in [6.07, 6.45) is 0. The first-order valence-electron chi connectivity index (χ1n) is 5.48. The Hall–Kier alpha value is -1.81. The molecule has 0 fully saturated rings. The van der Waals surface area contributed by atoms with Gasteiger partial charge in [-0.1, -0.05) is 11.6 Å². The van der Waals surface area contributed by atoms with E-state index < -0.39 is 0 Å². The fourth-order valence-electron chi connectivity index (χ4n) is 1.72. The zero-order valence-corrected chi connectivity index (χ0v) is 10.9. The van der Waals surface area contributed by atoms with Gasteiger partial charge in [0.25, 0.3) is 0 Å². The quantitative estimate of drug-likeness (QED) is 0.866. The number of aromatic nitrogens is 1. The first kappa shape index (κ1) is 12.6. The fourth-order valence-corrected chi connectivity index (χ4v) is 1.89. The van der Waals surface area contributed by atoms with Crippen molar-refractivity contribution in [1.29, 1.82) is 0 Å². The summed E-state index contributed by atoms with van der Waals surface area (Å²) in [4.78, 5) is 15.6. The number of nitrogens with one attached hydrogen (secondary N) is 1. The number of nitrogens with zero attached hydrogens (tertiary/aromatic N) is 1. The number of fused-ring (bicyclic) bond motifs is 1. The SMILES string of the molecule is COC(=O)CNc1cc(C)nc2ccc(Cl)cc12. The average molecular weight is 265 g/mol. The molecule has 0 aliphatic carbocycles. The van der Waals surface area contributed by atoms with Crippen LogP contribution < -0.4 is 5.32 Å². The molecule has 4 nitrogen and oxygen atoms in total. The molecule has 1 heterocycles. The van der Waals surface area contributed by atoms with Gasteiger partial charge in [-0.2, -0.15) is 0 Å². The minimum absolute atomic E-state index is 0.113. The fraction of sp³-hybridized carbons (Fsp3) is 0.231. The van der Waals surface area contributed by atoms with Crippen LogP contribution in [0.5, 0.6) is 0 Å². The van der Waals surface area contributed by atoms with Crippen molar-refractivity contribution in [3.8, 4) is 0 Å². The van der Waals surface area contributed by atoms with E-state index in [1.54, 1.807) is 6.07 Å². The zero-order valence-electron chi connectivity index (χ0n) is 10.2. The summed E-state index contributed by atoms with van der Waals surface area (Å²) < 4.78 is 4.59. The Bertz CT molecular complexity index is 599. The van der Waals surface area contributed by atoms with E-state index in [0.717, 1.165) is 22.3 Å². The van der Waals surface area contributed by atoms with E-state index in [1.165, 1.54) is 7.11 Å². The Morgan fingerprint density at radius 2 is 2.22 bits per heavy atom. The molecule has 94 valence electrons. The largest absolute Gasteiger partial charge is 0.468 e. The molecule has 0 aliphatic heterocycles. The number of anilines is 1. The van der Waals surface area contributed by atoms with Gasteiger partial charge in [0.15, 0.2) is 0 Å². The summed E-state index contributed by atoms with van der Waals surface area (Å²) in [6.45, 7) is 2.01. The molecule has 1 N–H and O–H groups in total. The van der Waals surface area contributed by atoms with Crippen LogP contribution in [0.3, 0.4) is 0 Å². The molecule has 0 saturated carbocycles. The molecule has 2 aromatic rings. The zero-order chi connectivity index (χ0) is 13.1. The van der Waals surface area contributed by atoms with Crippen molar-refractivity contribution in [3.05, 3.63) is 35.0 Å². The number of halogens is 1. The summed E-state index contributed by atoms with van der Waals surface area (Å²) in [5.74, 6) is -0.320. The number of esters is 1. The van der Waals surface area contributed by atoms with E-state index >= 15 is 0 Å². The van der Waals surface area contributed by atoms with Crippen LogP contribution in [0.25, 0.3) is 10.9 Å². The lowest BCUT2D eigenvalue weighted by molar-refractivity contribution is -0.138. The third-order valence-corrected chi connectivity index (χ3v) is 2.78. The van der Waals surface area contributed by atoms with Crippen molar-refractivity contribution in [1.82, 2.24) is 4.98 Å². The molecule has 0 amide bonds. The first-order chi connectivity index (χ1) is 8.60. The number of hydrogen-bond donors (Lipinski definition) is 1. The van der Waals surface area contributed by atoms with Gasteiger partial charge in [-0.3, -0.25) is 9.78 Å². The Kier molecular flexibility index (Phi) is 3.67. The van der Waals surface area contributed by atoms with Crippen molar-refractivity contribution in [2.45, 2.75) is 6.92 Å². The van der Waals surface area contributed by atoms with E-state index in [1.807, 2.05) is 25.1 Å². The molecule has 5 heteroatoms. The normalized spacial score (nSPS) is 10.4. The van der Waals surface area contributed by atoms with E-state index in [-0.39, 0.29) is 12.5 Å². The highest BCUT2D eigenvalue weighted by molar-refractivity contribution is 6.31. The summed E-state index contributed by atoms with van der Waals surface area (Å²) >= 11 is 5.97. The highest BCUT2D eigenvalue weighted by Crippen LogP contribution is 2.26. The van der Waals surface area contributed by atoms with Gasteiger partial charge in [0.1, 0.15) is 6.54 Å². The van der Waals surface area contributed by atoms with Crippen LogP contribution in [-0.2, 0) is 9.53 Å². The number of hydrogen-bond acceptors (Lipinski definition) is 4. The van der Waals surface area contributed by atoms with Crippen LogP contribution in [0.1, 0.15) is 5.69 Å². The number of benzene rings is 1. The van der Waals surface area contributed by atoms with E-state index in [9.17, 15) is 4.79 Å². The third-order valence-electron chi connectivity index (χ3n) is 2.55. The van der Waals surface area contributed by atoms with Crippen molar-refractivity contribution >= 4 is 34.2 Å². The number of rotatable bonds is 3. The molecular formula is C13H13ClN2O2. The van der Waals surface area contributed by atoms with Gasteiger partial charge >= 0.3 is 5.97 Å². The predicted molar refractivity (Wildman–Crippen MR) is 72.0 cm³/mol. The second kappa shape index (κ2) is 5.23. The number of ether oxygens (including phenoxy) is 1. The molecule has 0 spiro atoms. The number of methoxy groups -OCH3 is 1.